The lowest BCUT2D eigenvalue weighted by atomic mass is 10.1. The molecule has 12 heavy (non-hydrogen) atoms. The molecule has 0 N–H and O–H groups in total. The molecule has 0 atom stereocenters. The monoisotopic (exact) mass is 176 g/mol. The summed E-state index contributed by atoms with van der Waals surface area (Å²) in [5, 5.41) is 1.43. The number of thiophene rings is 1. The maximum atomic E-state index is 2.27. The van der Waals surface area contributed by atoms with E-state index in [-0.39, 0.29) is 0 Å². The van der Waals surface area contributed by atoms with Crippen LogP contribution in [0.3, 0.4) is 0 Å². The fourth-order valence-electron chi connectivity index (χ4n) is 1.46. The summed E-state index contributed by atoms with van der Waals surface area (Å²) in [6, 6.07) is 6.67. The normalized spacial score (nSPS) is 10.9. The Hall–Kier alpha value is -0.820. The van der Waals surface area contributed by atoms with Gasteiger partial charge in [-0.3, -0.25) is 0 Å². The van der Waals surface area contributed by atoms with Gasteiger partial charge in [-0.1, -0.05) is 17.7 Å². The van der Waals surface area contributed by atoms with E-state index < -0.39 is 0 Å². The average Bonchev–Trinajstić information content (AvgIpc) is 2.31. The number of hydrogen-bond donors (Lipinski definition) is 0. The van der Waals surface area contributed by atoms with Crippen molar-refractivity contribution < 1.29 is 0 Å². The van der Waals surface area contributed by atoms with E-state index in [0.29, 0.717) is 0 Å². The zero-order valence-corrected chi connectivity index (χ0v) is 8.46. The highest BCUT2D eigenvalue weighted by molar-refractivity contribution is 7.19. The first-order valence-corrected chi connectivity index (χ1v) is 4.96. The van der Waals surface area contributed by atoms with E-state index in [9.17, 15) is 0 Å². The summed E-state index contributed by atoms with van der Waals surface area (Å²) in [6.07, 6.45) is 0. The molecular weight excluding hydrogens is 164 g/mol. The Balaban J connectivity index is 2.88. The molecule has 1 heteroatoms. The van der Waals surface area contributed by atoms with Crippen molar-refractivity contribution in [1.29, 1.82) is 0 Å². The lowest BCUT2D eigenvalue weighted by Gasteiger charge is -1.93. The molecule has 2 rings (SSSR count). The van der Waals surface area contributed by atoms with Crippen molar-refractivity contribution in [3.8, 4) is 0 Å². The second-order valence-corrected chi connectivity index (χ2v) is 4.54. The molecule has 0 aliphatic carbocycles. The third kappa shape index (κ3) is 1.05. The first-order valence-electron chi connectivity index (χ1n) is 4.15. The molecule has 0 saturated heterocycles. The molecule has 0 aliphatic rings. The third-order valence-corrected chi connectivity index (χ3v) is 3.52. The summed E-state index contributed by atoms with van der Waals surface area (Å²) >= 11 is 1.89. The van der Waals surface area contributed by atoms with Crippen LogP contribution in [0.2, 0.25) is 0 Å². The molecular formula is C11H12S. The molecule has 1 aromatic carbocycles. The number of fused-ring (bicyclic) bond motifs is 1. The zero-order valence-electron chi connectivity index (χ0n) is 7.64. The summed E-state index contributed by atoms with van der Waals surface area (Å²) < 4.78 is 1.41. The van der Waals surface area contributed by atoms with Gasteiger partial charge in [0.1, 0.15) is 0 Å². The van der Waals surface area contributed by atoms with Crippen LogP contribution in [0.4, 0.5) is 0 Å². The van der Waals surface area contributed by atoms with Crippen LogP contribution in [0.1, 0.15) is 16.0 Å². The fraction of sp³-hybridized carbons (Fsp3) is 0.273. The molecule has 1 aromatic heterocycles. The highest BCUT2D eigenvalue weighted by atomic mass is 32.1. The highest BCUT2D eigenvalue weighted by Gasteiger charge is 2.03. The standard InChI is InChI=1S/C11H12S/c1-7-4-5-11-10(6-7)8(2)9(3)12-11/h4-6H,1-3H3. The molecule has 0 aliphatic heterocycles. The largest absolute Gasteiger partial charge is 0.140 e. The van der Waals surface area contributed by atoms with Crippen LogP contribution in [-0.4, -0.2) is 0 Å². The molecule has 1 heterocycles. The minimum atomic E-state index is 1.35. The molecule has 62 valence electrons. The van der Waals surface area contributed by atoms with E-state index in [2.05, 4.69) is 39.0 Å². The van der Waals surface area contributed by atoms with Gasteiger partial charge in [-0.2, -0.15) is 0 Å². The van der Waals surface area contributed by atoms with Gasteiger partial charge in [0.15, 0.2) is 0 Å². The zero-order chi connectivity index (χ0) is 8.72. The molecule has 0 saturated carbocycles. The van der Waals surface area contributed by atoms with E-state index in [1.54, 1.807) is 0 Å². The number of aryl methyl sites for hydroxylation is 3. The van der Waals surface area contributed by atoms with Crippen LogP contribution < -0.4 is 0 Å². The Morgan fingerprint density at radius 3 is 2.58 bits per heavy atom. The molecule has 0 fully saturated rings. The molecule has 0 amide bonds. The highest BCUT2D eigenvalue weighted by Crippen LogP contribution is 2.30. The van der Waals surface area contributed by atoms with E-state index in [4.69, 9.17) is 0 Å². The number of hydrogen-bond acceptors (Lipinski definition) is 1. The molecule has 0 radical (unpaired) electrons. The van der Waals surface area contributed by atoms with Gasteiger partial charge in [0.25, 0.3) is 0 Å². The van der Waals surface area contributed by atoms with Crippen LogP contribution in [0, 0.1) is 20.8 Å². The van der Waals surface area contributed by atoms with Gasteiger partial charge in [0, 0.05) is 9.58 Å². The quantitative estimate of drug-likeness (QED) is 0.572. The molecule has 0 spiro atoms. The first-order chi connectivity index (χ1) is 5.68. The van der Waals surface area contributed by atoms with E-state index in [0.717, 1.165) is 0 Å². The van der Waals surface area contributed by atoms with Crippen molar-refractivity contribution >= 4 is 21.4 Å². The van der Waals surface area contributed by atoms with Crippen LogP contribution in [0.15, 0.2) is 18.2 Å². The van der Waals surface area contributed by atoms with Crippen molar-refractivity contribution in [3.63, 3.8) is 0 Å². The van der Waals surface area contributed by atoms with E-state index in [1.165, 1.54) is 26.1 Å². The summed E-state index contributed by atoms with van der Waals surface area (Å²) in [6.45, 7) is 6.54. The SMILES string of the molecule is Cc1ccc2sc(C)c(C)c2c1. The Labute approximate surface area is 76.8 Å². The van der Waals surface area contributed by atoms with Crippen molar-refractivity contribution in [2.45, 2.75) is 20.8 Å². The lowest BCUT2D eigenvalue weighted by Crippen LogP contribution is -1.72. The van der Waals surface area contributed by atoms with Crippen molar-refractivity contribution in [2.75, 3.05) is 0 Å². The van der Waals surface area contributed by atoms with Gasteiger partial charge in [0.2, 0.25) is 0 Å². The topological polar surface area (TPSA) is 0 Å². The number of benzene rings is 1. The molecule has 0 nitrogen and oxygen atoms in total. The van der Waals surface area contributed by atoms with Crippen molar-refractivity contribution in [2.24, 2.45) is 0 Å². The fourth-order valence-corrected chi connectivity index (χ4v) is 2.51. The Bertz CT molecular complexity index is 424. The second-order valence-electron chi connectivity index (χ2n) is 3.28. The Morgan fingerprint density at radius 1 is 1.08 bits per heavy atom. The molecule has 0 bridgehead atoms. The van der Waals surface area contributed by atoms with Gasteiger partial charge in [-0.25, -0.2) is 0 Å². The second kappa shape index (κ2) is 2.60. The Kier molecular flexibility index (Phi) is 1.69. The van der Waals surface area contributed by atoms with Crippen LogP contribution >= 0.6 is 11.3 Å². The van der Waals surface area contributed by atoms with Gasteiger partial charge < -0.3 is 0 Å². The first kappa shape index (κ1) is 7.81. The molecule has 0 unspecified atom stereocenters. The minimum absolute atomic E-state index is 1.35. The summed E-state index contributed by atoms with van der Waals surface area (Å²) in [7, 11) is 0. The van der Waals surface area contributed by atoms with Crippen LogP contribution in [-0.2, 0) is 0 Å². The van der Waals surface area contributed by atoms with Crippen molar-refractivity contribution in [3.05, 3.63) is 34.2 Å². The lowest BCUT2D eigenvalue weighted by molar-refractivity contribution is 1.45. The number of rotatable bonds is 0. The maximum Gasteiger partial charge on any atom is 0.0348 e. The van der Waals surface area contributed by atoms with Gasteiger partial charge in [-0.15, -0.1) is 11.3 Å². The maximum absolute atomic E-state index is 2.27. The molecule has 2 aromatic rings. The third-order valence-electron chi connectivity index (χ3n) is 2.33. The predicted molar refractivity (Wildman–Crippen MR) is 56.0 cm³/mol. The van der Waals surface area contributed by atoms with E-state index in [1.807, 2.05) is 11.3 Å². The van der Waals surface area contributed by atoms with Crippen LogP contribution in [0.25, 0.3) is 10.1 Å². The smallest absolute Gasteiger partial charge is 0.0348 e. The predicted octanol–water partition coefficient (Wildman–Crippen LogP) is 3.83. The Morgan fingerprint density at radius 2 is 1.83 bits per heavy atom. The van der Waals surface area contributed by atoms with E-state index >= 15 is 0 Å². The van der Waals surface area contributed by atoms with Crippen molar-refractivity contribution in [1.82, 2.24) is 0 Å². The summed E-state index contributed by atoms with van der Waals surface area (Å²) in [5.74, 6) is 0. The summed E-state index contributed by atoms with van der Waals surface area (Å²) in [5.41, 5.74) is 2.79. The van der Waals surface area contributed by atoms with Gasteiger partial charge >= 0.3 is 0 Å². The average molecular weight is 176 g/mol. The van der Waals surface area contributed by atoms with Crippen LogP contribution in [0.5, 0.6) is 0 Å². The summed E-state index contributed by atoms with van der Waals surface area (Å²) in [4.78, 5) is 1.44. The van der Waals surface area contributed by atoms with Gasteiger partial charge in [-0.05, 0) is 37.8 Å². The minimum Gasteiger partial charge on any atom is -0.140 e. The van der Waals surface area contributed by atoms with Gasteiger partial charge in [0.05, 0.1) is 0 Å².